The van der Waals surface area contributed by atoms with Crippen LogP contribution in [-0.4, -0.2) is 83.6 Å². The molecule has 1 saturated heterocycles. The number of benzene rings is 1. The molecule has 1 fully saturated rings. The number of aromatic nitrogens is 3. The van der Waals surface area contributed by atoms with Gasteiger partial charge in [0.2, 0.25) is 0 Å². The van der Waals surface area contributed by atoms with Crippen LogP contribution in [0.4, 0.5) is 27.8 Å². The zero-order chi connectivity index (χ0) is 24.6. The lowest BCUT2D eigenvalue weighted by molar-refractivity contribution is 0.262. The molecule has 3 aromatic rings. The molecule has 0 bridgehead atoms. The molecule has 1 aromatic carbocycles. The van der Waals surface area contributed by atoms with Gasteiger partial charge in [-0.2, -0.15) is 0 Å². The lowest BCUT2D eigenvalue weighted by Gasteiger charge is -2.34. The van der Waals surface area contributed by atoms with Gasteiger partial charge < -0.3 is 30.9 Å². The second-order valence-corrected chi connectivity index (χ2v) is 8.91. The van der Waals surface area contributed by atoms with Gasteiger partial charge in [-0.1, -0.05) is 0 Å². The Morgan fingerprint density at radius 2 is 1.80 bits per heavy atom. The van der Waals surface area contributed by atoms with Gasteiger partial charge in [-0.15, -0.1) is 11.8 Å². The van der Waals surface area contributed by atoms with Crippen molar-refractivity contribution in [2.24, 2.45) is 0 Å². The van der Waals surface area contributed by atoms with E-state index >= 15 is 0 Å². The van der Waals surface area contributed by atoms with E-state index in [1.54, 1.807) is 36.3 Å². The molecule has 0 spiro atoms. The third-order valence-corrected chi connectivity index (χ3v) is 6.36. The van der Waals surface area contributed by atoms with Gasteiger partial charge in [-0.05, 0) is 49.7 Å². The van der Waals surface area contributed by atoms with Crippen molar-refractivity contribution in [3.05, 3.63) is 48.8 Å². The highest BCUT2D eigenvalue weighted by molar-refractivity contribution is 7.99. The summed E-state index contributed by atoms with van der Waals surface area (Å²) in [7, 11) is 2.12. The van der Waals surface area contributed by atoms with E-state index in [9.17, 15) is 9.90 Å². The van der Waals surface area contributed by atoms with E-state index in [1.165, 1.54) is 0 Å². The largest absolute Gasteiger partial charge is 0.395 e. The standard InChI is InChI=1S/C24H30N8O2S/c1-31-11-13-32(14-12-31)23-20(35-2)22(26-10-15-33)29-21(30-23)17-5-7-18(8-6-17)27-24(34)28-19-4-3-9-25-16-19/h3-9,16,33H,10-15H2,1-2H3,(H,26,29,30)(H2,27,28,34). The molecular weight excluding hydrogens is 464 g/mol. The Labute approximate surface area is 209 Å². The fraction of sp³-hybridized carbons (Fsp3) is 0.333. The summed E-state index contributed by atoms with van der Waals surface area (Å²) in [5.74, 6) is 2.20. The smallest absolute Gasteiger partial charge is 0.323 e. The third kappa shape index (κ3) is 6.38. The quantitative estimate of drug-likeness (QED) is 0.350. The average molecular weight is 495 g/mol. The summed E-state index contributed by atoms with van der Waals surface area (Å²) in [6.07, 6.45) is 5.24. The molecule has 0 saturated carbocycles. The highest BCUT2D eigenvalue weighted by Crippen LogP contribution is 2.35. The van der Waals surface area contributed by atoms with E-state index in [4.69, 9.17) is 9.97 Å². The number of aliphatic hydroxyl groups excluding tert-OH is 1. The number of nitrogens with one attached hydrogen (secondary N) is 3. The van der Waals surface area contributed by atoms with E-state index in [1.807, 2.05) is 30.5 Å². The first-order valence-electron chi connectivity index (χ1n) is 11.4. The number of carbonyl (C=O) groups is 1. The van der Waals surface area contributed by atoms with E-state index < -0.39 is 0 Å². The monoisotopic (exact) mass is 494 g/mol. The Morgan fingerprint density at radius 1 is 1.06 bits per heavy atom. The van der Waals surface area contributed by atoms with Gasteiger partial charge >= 0.3 is 6.03 Å². The fourth-order valence-electron chi connectivity index (χ4n) is 3.72. The van der Waals surface area contributed by atoms with Crippen LogP contribution in [0.5, 0.6) is 0 Å². The number of piperazine rings is 1. The molecule has 4 rings (SSSR count). The minimum atomic E-state index is -0.348. The Morgan fingerprint density at radius 3 is 2.46 bits per heavy atom. The molecule has 35 heavy (non-hydrogen) atoms. The Kier molecular flexibility index (Phi) is 8.35. The summed E-state index contributed by atoms with van der Waals surface area (Å²) < 4.78 is 0. The number of urea groups is 1. The van der Waals surface area contributed by atoms with Crippen molar-refractivity contribution >= 4 is 40.8 Å². The Hall–Kier alpha value is -3.41. The van der Waals surface area contributed by atoms with Crippen LogP contribution < -0.4 is 20.9 Å². The van der Waals surface area contributed by atoms with Gasteiger partial charge in [-0.3, -0.25) is 4.98 Å². The zero-order valence-electron chi connectivity index (χ0n) is 19.9. The number of anilines is 4. The van der Waals surface area contributed by atoms with Crippen LogP contribution >= 0.6 is 11.8 Å². The number of thioether (sulfide) groups is 1. The third-order valence-electron chi connectivity index (χ3n) is 5.58. The molecule has 2 amide bonds. The van der Waals surface area contributed by atoms with Crippen LogP contribution in [0.25, 0.3) is 11.4 Å². The molecule has 0 unspecified atom stereocenters. The van der Waals surface area contributed by atoms with Crippen LogP contribution in [0.2, 0.25) is 0 Å². The maximum absolute atomic E-state index is 12.3. The van der Waals surface area contributed by atoms with Crippen molar-refractivity contribution in [1.82, 2.24) is 19.9 Å². The summed E-state index contributed by atoms with van der Waals surface area (Å²) in [5, 5.41) is 18.2. The zero-order valence-corrected chi connectivity index (χ0v) is 20.7. The lowest BCUT2D eigenvalue weighted by Crippen LogP contribution is -2.45. The van der Waals surface area contributed by atoms with Crippen molar-refractivity contribution in [3.8, 4) is 11.4 Å². The minimum absolute atomic E-state index is 0.0124. The lowest BCUT2D eigenvalue weighted by atomic mass is 10.2. The van der Waals surface area contributed by atoms with Crippen LogP contribution in [0.3, 0.4) is 0 Å². The maximum atomic E-state index is 12.3. The van der Waals surface area contributed by atoms with Crippen LogP contribution in [-0.2, 0) is 0 Å². The van der Waals surface area contributed by atoms with Crippen molar-refractivity contribution < 1.29 is 9.90 Å². The molecule has 10 nitrogen and oxygen atoms in total. The Balaban J connectivity index is 1.56. The molecule has 2 aromatic heterocycles. The molecular formula is C24H30N8O2S. The number of amides is 2. The first-order valence-corrected chi connectivity index (χ1v) is 12.6. The number of rotatable bonds is 8. The van der Waals surface area contributed by atoms with Gasteiger partial charge in [-0.25, -0.2) is 14.8 Å². The number of nitrogens with zero attached hydrogens (tertiary/aromatic N) is 5. The highest BCUT2D eigenvalue weighted by Gasteiger charge is 2.22. The predicted octanol–water partition coefficient (Wildman–Crippen LogP) is 3.06. The second kappa shape index (κ2) is 11.8. The van der Waals surface area contributed by atoms with Gasteiger partial charge in [0.05, 0.1) is 23.4 Å². The highest BCUT2D eigenvalue weighted by atomic mass is 32.2. The van der Waals surface area contributed by atoms with Gasteiger partial charge in [0.15, 0.2) is 5.82 Å². The number of hydrogen-bond acceptors (Lipinski definition) is 9. The minimum Gasteiger partial charge on any atom is -0.395 e. The maximum Gasteiger partial charge on any atom is 0.323 e. The van der Waals surface area contributed by atoms with Crippen molar-refractivity contribution in [1.29, 1.82) is 0 Å². The molecule has 0 atom stereocenters. The number of likely N-dealkylation sites (N-methyl/N-ethyl adjacent to an activating group) is 1. The SMILES string of the molecule is CSc1c(NCCO)nc(-c2ccc(NC(=O)Nc3cccnc3)cc2)nc1N1CCN(C)CC1. The number of aliphatic hydroxyl groups is 1. The first-order chi connectivity index (χ1) is 17.1. The van der Waals surface area contributed by atoms with Crippen LogP contribution in [0.15, 0.2) is 53.7 Å². The number of carbonyl (C=O) groups excluding carboxylic acids is 1. The number of pyridine rings is 1. The van der Waals surface area contributed by atoms with Crippen molar-refractivity contribution in [3.63, 3.8) is 0 Å². The van der Waals surface area contributed by atoms with Crippen molar-refractivity contribution in [2.45, 2.75) is 4.90 Å². The molecule has 11 heteroatoms. The fourth-order valence-corrected chi connectivity index (χ4v) is 4.38. The van der Waals surface area contributed by atoms with Gasteiger partial charge in [0, 0.05) is 50.2 Å². The summed E-state index contributed by atoms with van der Waals surface area (Å²) >= 11 is 1.60. The molecule has 1 aliphatic rings. The molecule has 3 heterocycles. The molecule has 184 valence electrons. The molecule has 0 radical (unpaired) electrons. The topological polar surface area (TPSA) is 119 Å². The van der Waals surface area contributed by atoms with Crippen LogP contribution in [0.1, 0.15) is 0 Å². The molecule has 4 N–H and O–H groups in total. The first kappa shape index (κ1) is 24.7. The van der Waals surface area contributed by atoms with Crippen LogP contribution in [0, 0.1) is 0 Å². The predicted molar refractivity (Wildman–Crippen MR) is 141 cm³/mol. The average Bonchev–Trinajstić information content (AvgIpc) is 2.88. The van der Waals surface area contributed by atoms with Gasteiger partial charge in [0.25, 0.3) is 0 Å². The number of hydrogen-bond donors (Lipinski definition) is 4. The normalized spacial score (nSPS) is 14.0. The summed E-state index contributed by atoms with van der Waals surface area (Å²) in [5.41, 5.74) is 2.09. The van der Waals surface area contributed by atoms with E-state index in [0.717, 1.165) is 42.5 Å². The summed E-state index contributed by atoms with van der Waals surface area (Å²) in [6, 6.07) is 10.6. The van der Waals surface area contributed by atoms with E-state index in [2.05, 4.69) is 37.8 Å². The molecule has 0 aliphatic carbocycles. The Bertz CT molecular complexity index is 1120. The second-order valence-electron chi connectivity index (χ2n) is 8.09. The van der Waals surface area contributed by atoms with Gasteiger partial charge in [0.1, 0.15) is 11.6 Å². The summed E-state index contributed by atoms with van der Waals surface area (Å²) in [4.78, 5) is 31.5. The molecule has 1 aliphatic heterocycles. The summed E-state index contributed by atoms with van der Waals surface area (Å²) in [6.45, 7) is 4.12. The van der Waals surface area contributed by atoms with Crippen molar-refractivity contribution in [2.75, 3.05) is 73.5 Å². The van der Waals surface area contributed by atoms with E-state index in [0.29, 0.717) is 29.6 Å². The van der Waals surface area contributed by atoms with E-state index in [-0.39, 0.29) is 12.6 Å².